The first-order chi connectivity index (χ1) is 25.3. The maximum atomic E-state index is 4.50. The van der Waals surface area contributed by atoms with E-state index in [4.69, 9.17) is 0 Å². The van der Waals surface area contributed by atoms with Gasteiger partial charge in [0, 0.05) is 46.6 Å². The van der Waals surface area contributed by atoms with Crippen LogP contribution >= 0.6 is 0 Å². The van der Waals surface area contributed by atoms with Crippen LogP contribution in [0, 0.1) is 11.8 Å². The highest BCUT2D eigenvalue weighted by atomic mass is 15.0. The fourth-order valence-electron chi connectivity index (χ4n) is 8.72. The summed E-state index contributed by atoms with van der Waals surface area (Å²) in [7, 11) is 0. The van der Waals surface area contributed by atoms with Gasteiger partial charge in [-0.3, -0.25) is 4.98 Å². The first-order valence-corrected chi connectivity index (χ1v) is 18.0. The van der Waals surface area contributed by atoms with Crippen LogP contribution in [0.15, 0.2) is 194 Å². The Morgan fingerprint density at radius 1 is 0.588 bits per heavy atom. The number of para-hydroxylation sites is 1. The second-order valence-corrected chi connectivity index (χ2v) is 13.9. The molecular weight excluding hydrogens is 617 g/mol. The Balaban J connectivity index is 1.06. The van der Waals surface area contributed by atoms with Crippen molar-refractivity contribution in [3.05, 3.63) is 211 Å². The lowest BCUT2D eigenvalue weighted by molar-refractivity contribution is 0.636. The molecule has 0 aliphatic heterocycles. The number of pyridine rings is 1. The number of hydrogen-bond acceptors (Lipinski definition) is 1. The van der Waals surface area contributed by atoms with Crippen LogP contribution in [-0.4, -0.2) is 9.55 Å². The molecule has 0 bridgehead atoms. The van der Waals surface area contributed by atoms with Gasteiger partial charge in [0.2, 0.25) is 0 Å². The molecule has 3 atom stereocenters. The van der Waals surface area contributed by atoms with Crippen molar-refractivity contribution in [2.75, 3.05) is 0 Å². The molecule has 0 radical (unpaired) electrons. The molecule has 0 amide bonds. The Morgan fingerprint density at radius 3 is 2.08 bits per heavy atom. The van der Waals surface area contributed by atoms with E-state index in [-0.39, 0.29) is 5.92 Å². The Hall–Kier alpha value is -6.25. The summed E-state index contributed by atoms with van der Waals surface area (Å²) in [5, 5.41) is 2.37. The quantitative estimate of drug-likeness (QED) is 0.181. The first-order valence-electron chi connectivity index (χ1n) is 18.0. The van der Waals surface area contributed by atoms with Gasteiger partial charge in [-0.15, -0.1) is 0 Å². The number of rotatable bonds is 5. The molecule has 2 heterocycles. The average Bonchev–Trinajstić information content (AvgIpc) is 3.54. The zero-order valence-corrected chi connectivity index (χ0v) is 28.2. The van der Waals surface area contributed by atoms with Crippen LogP contribution in [0.2, 0.25) is 0 Å². The minimum absolute atomic E-state index is 0.277. The average molecular weight is 653 g/mol. The smallest absolute Gasteiger partial charge is 0.0571 e. The summed E-state index contributed by atoms with van der Waals surface area (Å²) in [6, 6.07) is 46.9. The Bertz CT molecular complexity index is 2600. The highest BCUT2D eigenvalue weighted by molar-refractivity contribution is 6.10. The normalized spacial score (nSPS) is 19.1. The van der Waals surface area contributed by atoms with Gasteiger partial charge in [0.15, 0.2) is 0 Å². The summed E-state index contributed by atoms with van der Waals surface area (Å²) in [5.74, 6) is 0.951. The molecule has 7 aromatic rings. The number of benzene rings is 5. The van der Waals surface area contributed by atoms with Crippen molar-refractivity contribution >= 4 is 27.4 Å². The van der Waals surface area contributed by atoms with Crippen LogP contribution in [0.5, 0.6) is 0 Å². The minimum Gasteiger partial charge on any atom is -0.309 e. The lowest BCUT2D eigenvalue weighted by atomic mass is 9.64. The van der Waals surface area contributed by atoms with Crippen molar-refractivity contribution in [1.82, 2.24) is 9.55 Å². The maximum absolute atomic E-state index is 4.50. The van der Waals surface area contributed by atoms with Gasteiger partial charge in [0.05, 0.1) is 11.0 Å². The summed E-state index contributed by atoms with van der Waals surface area (Å²) in [4.78, 5) is 4.50. The lowest BCUT2D eigenvalue weighted by Gasteiger charge is -2.39. The third-order valence-electron chi connectivity index (χ3n) is 11.1. The molecule has 3 aliphatic carbocycles. The van der Waals surface area contributed by atoms with E-state index < -0.39 is 0 Å². The van der Waals surface area contributed by atoms with Crippen molar-refractivity contribution in [3.8, 4) is 27.9 Å². The largest absolute Gasteiger partial charge is 0.309 e. The zero-order chi connectivity index (χ0) is 33.7. The van der Waals surface area contributed by atoms with Gasteiger partial charge in [-0.1, -0.05) is 140 Å². The van der Waals surface area contributed by atoms with Crippen molar-refractivity contribution < 1.29 is 0 Å². The molecule has 0 saturated heterocycles. The first kappa shape index (κ1) is 29.6. The lowest BCUT2D eigenvalue weighted by Crippen LogP contribution is -2.24. The number of fused-ring (bicyclic) bond motifs is 5. The minimum atomic E-state index is 0.277. The number of nitrogens with zero attached hydrogens (tertiary/aromatic N) is 2. The van der Waals surface area contributed by atoms with Gasteiger partial charge in [0.1, 0.15) is 0 Å². The van der Waals surface area contributed by atoms with E-state index in [1.807, 2.05) is 12.4 Å². The molecule has 2 heteroatoms. The zero-order valence-electron chi connectivity index (χ0n) is 28.2. The van der Waals surface area contributed by atoms with Crippen LogP contribution in [-0.2, 0) is 0 Å². The van der Waals surface area contributed by atoms with Crippen molar-refractivity contribution in [2.24, 2.45) is 11.8 Å². The fourth-order valence-corrected chi connectivity index (χ4v) is 8.72. The molecule has 5 aromatic carbocycles. The summed E-state index contributed by atoms with van der Waals surface area (Å²) < 4.78 is 2.34. The SMILES string of the molecule is C1=CCC(C2=C3C=CC=CC3C(c3ccccc3)c3ccc(-c4ccc(-c5ccc6c(c5)c5cnccc5n6-c5ccccc5)cc4)cc32)C=C1. The van der Waals surface area contributed by atoms with Gasteiger partial charge in [0.25, 0.3) is 0 Å². The van der Waals surface area contributed by atoms with E-state index in [1.54, 1.807) is 0 Å². The monoisotopic (exact) mass is 652 g/mol. The maximum Gasteiger partial charge on any atom is 0.0571 e. The molecule has 0 spiro atoms. The molecule has 2 nitrogen and oxygen atoms in total. The van der Waals surface area contributed by atoms with Crippen LogP contribution in [0.3, 0.4) is 0 Å². The van der Waals surface area contributed by atoms with E-state index in [0.717, 1.165) is 17.5 Å². The second-order valence-electron chi connectivity index (χ2n) is 13.9. The summed E-state index contributed by atoms with van der Waals surface area (Å²) >= 11 is 0. The third-order valence-corrected chi connectivity index (χ3v) is 11.1. The van der Waals surface area contributed by atoms with Crippen LogP contribution < -0.4 is 0 Å². The molecule has 3 aliphatic rings. The van der Waals surface area contributed by atoms with Gasteiger partial charge in [-0.2, -0.15) is 0 Å². The summed E-state index contributed by atoms with van der Waals surface area (Å²) in [5.41, 5.74) is 15.5. The molecule has 10 rings (SSSR count). The molecule has 3 unspecified atom stereocenters. The molecule has 51 heavy (non-hydrogen) atoms. The van der Waals surface area contributed by atoms with E-state index in [0.29, 0.717) is 11.8 Å². The van der Waals surface area contributed by atoms with Crippen LogP contribution in [0.25, 0.3) is 55.3 Å². The van der Waals surface area contributed by atoms with Gasteiger partial charge < -0.3 is 4.57 Å². The van der Waals surface area contributed by atoms with Crippen molar-refractivity contribution in [2.45, 2.75) is 12.3 Å². The number of allylic oxidation sites excluding steroid dienone is 10. The second kappa shape index (κ2) is 12.3. The predicted molar refractivity (Wildman–Crippen MR) is 213 cm³/mol. The van der Waals surface area contributed by atoms with Crippen molar-refractivity contribution in [1.29, 1.82) is 0 Å². The van der Waals surface area contributed by atoms with Crippen LogP contribution in [0.4, 0.5) is 0 Å². The van der Waals surface area contributed by atoms with Crippen molar-refractivity contribution in [3.63, 3.8) is 0 Å². The van der Waals surface area contributed by atoms with Gasteiger partial charge in [-0.25, -0.2) is 0 Å². The van der Waals surface area contributed by atoms with Gasteiger partial charge in [-0.05, 0) is 92.9 Å². The summed E-state index contributed by atoms with van der Waals surface area (Å²) in [6.07, 6.45) is 23.2. The topological polar surface area (TPSA) is 17.8 Å². The Kier molecular flexibility index (Phi) is 7.13. The molecular formula is C49H36N2. The molecule has 0 fully saturated rings. The predicted octanol–water partition coefficient (Wildman–Crippen LogP) is 12.3. The van der Waals surface area contributed by atoms with E-state index in [9.17, 15) is 0 Å². The Labute approximate surface area is 298 Å². The van der Waals surface area contributed by atoms with Gasteiger partial charge >= 0.3 is 0 Å². The molecule has 0 N–H and O–H groups in total. The number of hydrogen-bond donors (Lipinski definition) is 0. The van der Waals surface area contributed by atoms with Crippen LogP contribution in [0.1, 0.15) is 29.0 Å². The molecule has 2 aromatic heterocycles. The standard InChI is InChI=1S/C49H36N2/c1-4-12-35(13-5-1)48-40-18-10-11-19-41(40)49(36-14-6-2-7-15-36)44-31-37(24-26-42(44)48)33-20-22-34(23-21-33)38-25-27-46-43(30-38)45-32-50-29-28-47(45)51(46)39-16-8-3-9-17-39/h1-14,16-32,36,40,48H,15H2. The Morgan fingerprint density at radius 2 is 1.29 bits per heavy atom. The highest BCUT2D eigenvalue weighted by Gasteiger charge is 2.37. The van der Waals surface area contributed by atoms with E-state index in [1.165, 1.54) is 66.5 Å². The third kappa shape index (κ3) is 4.98. The molecule has 0 saturated carbocycles. The summed E-state index contributed by atoms with van der Waals surface area (Å²) in [6.45, 7) is 0. The van der Waals surface area contributed by atoms with E-state index in [2.05, 4.69) is 186 Å². The fraction of sp³-hybridized carbons (Fsp3) is 0.0816. The highest BCUT2D eigenvalue weighted by Crippen LogP contribution is 2.52. The molecule has 242 valence electrons. The van der Waals surface area contributed by atoms with E-state index >= 15 is 0 Å². The number of aromatic nitrogens is 2.